The van der Waals surface area contributed by atoms with Crippen LogP contribution >= 0.6 is 0 Å². The summed E-state index contributed by atoms with van der Waals surface area (Å²) in [7, 11) is 0. The number of carbonyl (C=O) groups excluding carboxylic acids is 1. The van der Waals surface area contributed by atoms with Crippen LogP contribution in [0.4, 0.5) is 4.39 Å². The number of morpholine rings is 1. The monoisotopic (exact) mass is 276 g/mol. The normalized spacial score (nSPS) is 21.2. The molecule has 106 valence electrons. The summed E-state index contributed by atoms with van der Waals surface area (Å²) in [5, 5.41) is 0. The molecule has 4 nitrogen and oxygen atoms in total. The highest BCUT2D eigenvalue weighted by molar-refractivity contribution is 5.42. The van der Waals surface area contributed by atoms with Crippen LogP contribution in [0.25, 0.3) is 0 Å². The number of rotatable bonds is 4. The van der Waals surface area contributed by atoms with Crippen molar-refractivity contribution in [3.05, 3.63) is 35.1 Å². The highest BCUT2D eigenvalue weighted by atomic mass is 19.1. The number of ether oxygens (including phenoxy) is 1. The van der Waals surface area contributed by atoms with E-state index in [2.05, 4.69) is 9.89 Å². The molecule has 0 spiro atoms. The minimum absolute atomic E-state index is 0.221. The van der Waals surface area contributed by atoms with Crippen LogP contribution < -0.4 is 0 Å². The van der Waals surface area contributed by atoms with Crippen molar-refractivity contribution in [1.82, 2.24) is 4.90 Å². The molecule has 1 aliphatic heterocycles. The first-order chi connectivity index (χ1) is 9.73. The number of aliphatic imine (C=N–C) groups is 1. The molecule has 20 heavy (non-hydrogen) atoms. The number of benzene rings is 1. The second-order valence-electron chi connectivity index (χ2n) is 5.43. The molecule has 1 saturated heterocycles. The fraction of sp³-hybridized carbons (Fsp3) is 0.533. The largest absolute Gasteiger partial charge is 0.379 e. The fourth-order valence-corrected chi connectivity index (χ4v) is 2.64. The third-order valence-electron chi connectivity index (χ3n) is 4.07. The molecule has 2 aliphatic rings. The summed E-state index contributed by atoms with van der Waals surface area (Å²) < 4.78 is 19.5. The van der Waals surface area contributed by atoms with Gasteiger partial charge in [-0.15, -0.1) is 0 Å². The van der Waals surface area contributed by atoms with E-state index >= 15 is 0 Å². The maximum atomic E-state index is 14.2. The lowest BCUT2D eigenvalue weighted by Gasteiger charge is -2.26. The Balaban J connectivity index is 1.76. The molecule has 0 atom stereocenters. The Morgan fingerprint density at radius 2 is 2.10 bits per heavy atom. The van der Waals surface area contributed by atoms with Gasteiger partial charge in [0.1, 0.15) is 5.82 Å². The van der Waals surface area contributed by atoms with Crippen LogP contribution in [-0.2, 0) is 21.6 Å². The Hall–Kier alpha value is -1.55. The second kappa shape index (κ2) is 5.44. The van der Waals surface area contributed by atoms with E-state index in [0.29, 0.717) is 25.3 Å². The SMILES string of the molecule is O=C=NC1(c2ccc(CN3CCOCC3)c(F)c2)CC1. The molecule has 1 aromatic rings. The molecule has 0 amide bonds. The molecular weight excluding hydrogens is 259 g/mol. The Kier molecular flexibility index (Phi) is 3.66. The van der Waals surface area contributed by atoms with E-state index in [0.717, 1.165) is 31.5 Å². The Morgan fingerprint density at radius 1 is 1.35 bits per heavy atom. The van der Waals surface area contributed by atoms with Gasteiger partial charge in [-0.2, -0.15) is 4.99 Å². The topological polar surface area (TPSA) is 41.9 Å². The van der Waals surface area contributed by atoms with Gasteiger partial charge in [-0.1, -0.05) is 12.1 Å². The van der Waals surface area contributed by atoms with Gasteiger partial charge >= 0.3 is 0 Å². The molecule has 1 saturated carbocycles. The highest BCUT2D eigenvalue weighted by Gasteiger charge is 2.45. The third kappa shape index (κ3) is 2.66. The predicted molar refractivity (Wildman–Crippen MR) is 71.5 cm³/mol. The minimum Gasteiger partial charge on any atom is -0.379 e. The first-order valence-corrected chi connectivity index (χ1v) is 6.92. The quantitative estimate of drug-likeness (QED) is 0.624. The van der Waals surface area contributed by atoms with Gasteiger partial charge in [0.2, 0.25) is 6.08 Å². The summed E-state index contributed by atoms with van der Waals surface area (Å²) in [6.07, 6.45) is 3.19. The van der Waals surface area contributed by atoms with Gasteiger partial charge in [-0.05, 0) is 24.5 Å². The molecule has 1 heterocycles. The lowest BCUT2D eigenvalue weighted by Crippen LogP contribution is -2.35. The molecule has 5 heteroatoms. The Bertz CT molecular complexity index is 545. The van der Waals surface area contributed by atoms with Crippen molar-refractivity contribution >= 4 is 6.08 Å². The second-order valence-corrected chi connectivity index (χ2v) is 5.43. The van der Waals surface area contributed by atoms with Gasteiger partial charge in [0, 0.05) is 25.2 Å². The lowest BCUT2D eigenvalue weighted by molar-refractivity contribution is 0.0337. The first-order valence-electron chi connectivity index (χ1n) is 6.92. The van der Waals surface area contributed by atoms with Crippen molar-refractivity contribution in [3.8, 4) is 0 Å². The number of nitrogens with zero attached hydrogens (tertiary/aromatic N) is 2. The molecule has 0 radical (unpaired) electrons. The van der Waals surface area contributed by atoms with Crippen LogP contribution in [0.5, 0.6) is 0 Å². The van der Waals surface area contributed by atoms with Crippen molar-refractivity contribution in [2.45, 2.75) is 24.9 Å². The summed E-state index contributed by atoms with van der Waals surface area (Å²) in [6.45, 7) is 3.67. The molecule has 0 unspecified atom stereocenters. The maximum Gasteiger partial charge on any atom is 0.235 e. The van der Waals surface area contributed by atoms with Crippen molar-refractivity contribution in [2.24, 2.45) is 4.99 Å². The van der Waals surface area contributed by atoms with Crippen molar-refractivity contribution < 1.29 is 13.9 Å². The Morgan fingerprint density at radius 3 is 2.70 bits per heavy atom. The predicted octanol–water partition coefficient (Wildman–Crippen LogP) is 1.98. The van der Waals surface area contributed by atoms with E-state index in [-0.39, 0.29) is 5.82 Å². The minimum atomic E-state index is -0.500. The fourth-order valence-electron chi connectivity index (χ4n) is 2.64. The van der Waals surface area contributed by atoms with Crippen molar-refractivity contribution in [3.63, 3.8) is 0 Å². The van der Waals surface area contributed by atoms with Crippen LogP contribution in [0.15, 0.2) is 23.2 Å². The third-order valence-corrected chi connectivity index (χ3v) is 4.07. The van der Waals surface area contributed by atoms with Gasteiger partial charge in [0.05, 0.1) is 18.8 Å². The zero-order chi connectivity index (χ0) is 14.0. The number of hydrogen-bond acceptors (Lipinski definition) is 4. The van der Waals surface area contributed by atoms with Gasteiger partial charge in [-0.3, -0.25) is 4.90 Å². The lowest BCUT2D eigenvalue weighted by atomic mass is 10.0. The van der Waals surface area contributed by atoms with Gasteiger partial charge in [-0.25, -0.2) is 9.18 Å². The van der Waals surface area contributed by atoms with E-state index in [1.807, 2.05) is 6.07 Å². The van der Waals surface area contributed by atoms with Crippen LogP contribution in [-0.4, -0.2) is 37.3 Å². The van der Waals surface area contributed by atoms with Crippen LogP contribution in [0.3, 0.4) is 0 Å². The van der Waals surface area contributed by atoms with Crippen molar-refractivity contribution in [1.29, 1.82) is 0 Å². The molecule has 0 N–H and O–H groups in total. The number of isocyanates is 1. The molecule has 1 aliphatic carbocycles. The standard InChI is InChI=1S/C15H17FN2O2/c16-14-9-13(15(3-4-15)17-11-19)2-1-12(14)10-18-5-7-20-8-6-18/h1-2,9H,3-8,10H2. The average Bonchev–Trinajstić information content (AvgIpc) is 3.24. The van der Waals surface area contributed by atoms with E-state index in [9.17, 15) is 9.18 Å². The van der Waals surface area contributed by atoms with Crippen LogP contribution in [0.1, 0.15) is 24.0 Å². The van der Waals surface area contributed by atoms with E-state index in [1.165, 1.54) is 6.07 Å². The van der Waals surface area contributed by atoms with Gasteiger partial charge in [0.15, 0.2) is 0 Å². The van der Waals surface area contributed by atoms with Crippen molar-refractivity contribution in [2.75, 3.05) is 26.3 Å². The molecule has 0 bridgehead atoms. The number of hydrogen-bond donors (Lipinski definition) is 0. The highest BCUT2D eigenvalue weighted by Crippen LogP contribution is 2.49. The molecule has 3 rings (SSSR count). The number of halogens is 1. The summed E-state index contributed by atoms with van der Waals surface area (Å²) in [4.78, 5) is 16.4. The maximum absolute atomic E-state index is 14.2. The molecule has 1 aromatic carbocycles. The summed E-state index contributed by atoms with van der Waals surface area (Å²) >= 11 is 0. The summed E-state index contributed by atoms with van der Waals surface area (Å²) in [5.41, 5.74) is 0.964. The average molecular weight is 276 g/mol. The molecule has 2 fully saturated rings. The van der Waals surface area contributed by atoms with Gasteiger partial charge < -0.3 is 4.74 Å². The zero-order valence-corrected chi connectivity index (χ0v) is 11.3. The van der Waals surface area contributed by atoms with E-state index in [1.54, 1.807) is 12.1 Å². The van der Waals surface area contributed by atoms with Gasteiger partial charge in [0.25, 0.3) is 0 Å². The van der Waals surface area contributed by atoms with Crippen LogP contribution in [0.2, 0.25) is 0 Å². The first kappa shape index (κ1) is 13.4. The Labute approximate surface area is 117 Å². The molecule has 0 aromatic heterocycles. The van der Waals surface area contributed by atoms with Crippen LogP contribution in [0, 0.1) is 5.82 Å². The zero-order valence-electron chi connectivity index (χ0n) is 11.3. The van der Waals surface area contributed by atoms with E-state index < -0.39 is 5.54 Å². The summed E-state index contributed by atoms with van der Waals surface area (Å²) in [6, 6.07) is 5.21. The summed E-state index contributed by atoms with van der Waals surface area (Å²) in [5.74, 6) is -0.221. The molecular formula is C15H17FN2O2. The smallest absolute Gasteiger partial charge is 0.235 e. The van der Waals surface area contributed by atoms with E-state index in [4.69, 9.17) is 4.74 Å².